The van der Waals surface area contributed by atoms with Gasteiger partial charge in [-0.05, 0) is 11.8 Å². The van der Waals surface area contributed by atoms with Crippen molar-refractivity contribution in [1.82, 2.24) is 0 Å². The summed E-state index contributed by atoms with van der Waals surface area (Å²) in [5.41, 5.74) is -0.470. The van der Waals surface area contributed by atoms with E-state index in [0.717, 1.165) is 0 Å². The van der Waals surface area contributed by atoms with E-state index in [1.165, 1.54) is 0 Å². The molecule has 2 rings (SSSR count). The number of hydrogen-bond donors (Lipinski definition) is 1. The Hall–Kier alpha value is -0.370. The van der Waals surface area contributed by atoms with Crippen molar-refractivity contribution in [3.63, 3.8) is 0 Å². The van der Waals surface area contributed by atoms with E-state index in [9.17, 15) is 9.90 Å². The molecule has 1 N–H and O–H groups in total. The van der Waals surface area contributed by atoms with Crippen LogP contribution in [0.3, 0.4) is 0 Å². The molecule has 0 bridgehead atoms. The fourth-order valence-corrected chi connectivity index (χ4v) is 2.45. The Balaban J connectivity index is 2.30. The largest absolute Gasteiger partial charge is 0.392 e. The quantitative estimate of drug-likeness (QED) is 0.561. The molecule has 2 heteroatoms. The molecule has 0 aromatic rings. The van der Waals surface area contributed by atoms with Crippen LogP contribution in [0.1, 0.15) is 20.8 Å². The van der Waals surface area contributed by atoms with E-state index in [1.807, 2.05) is 20.8 Å². The fourth-order valence-electron chi connectivity index (χ4n) is 2.45. The number of ketones is 1. The van der Waals surface area contributed by atoms with Crippen LogP contribution in [-0.4, -0.2) is 17.0 Å². The molecule has 0 heterocycles. The van der Waals surface area contributed by atoms with Crippen molar-refractivity contribution in [2.45, 2.75) is 26.9 Å². The number of aliphatic hydroxyl groups is 1. The minimum atomic E-state index is -0.470. The molecule has 4 atom stereocenters. The van der Waals surface area contributed by atoms with Crippen LogP contribution in [0.4, 0.5) is 0 Å². The van der Waals surface area contributed by atoms with Crippen LogP contribution >= 0.6 is 0 Å². The molecule has 0 aliphatic heterocycles. The number of carbonyl (C=O) groups is 1. The van der Waals surface area contributed by atoms with E-state index in [1.54, 1.807) is 0 Å². The first-order valence-electron chi connectivity index (χ1n) is 4.20. The molecule has 0 unspecified atom stereocenters. The first kappa shape index (κ1) is 7.29. The average molecular weight is 154 g/mol. The number of fused-ring (bicyclic) bond motifs is 1. The van der Waals surface area contributed by atoms with Gasteiger partial charge in [-0.2, -0.15) is 0 Å². The predicted molar refractivity (Wildman–Crippen MR) is 40.9 cm³/mol. The zero-order valence-corrected chi connectivity index (χ0v) is 7.16. The van der Waals surface area contributed by atoms with Gasteiger partial charge in [-0.15, -0.1) is 0 Å². The van der Waals surface area contributed by atoms with Crippen LogP contribution < -0.4 is 0 Å². The summed E-state index contributed by atoms with van der Waals surface area (Å²) in [4.78, 5) is 11.5. The van der Waals surface area contributed by atoms with Gasteiger partial charge in [-0.3, -0.25) is 4.79 Å². The molecule has 2 aliphatic rings. The van der Waals surface area contributed by atoms with E-state index < -0.39 is 11.5 Å². The van der Waals surface area contributed by atoms with Crippen LogP contribution in [0.15, 0.2) is 0 Å². The maximum absolute atomic E-state index is 11.5. The van der Waals surface area contributed by atoms with Gasteiger partial charge in [0.2, 0.25) is 0 Å². The van der Waals surface area contributed by atoms with Gasteiger partial charge in [0.1, 0.15) is 5.78 Å². The average Bonchev–Trinajstić information content (AvgIpc) is 2.52. The van der Waals surface area contributed by atoms with E-state index in [0.29, 0.717) is 5.92 Å². The van der Waals surface area contributed by atoms with Crippen molar-refractivity contribution >= 4 is 5.78 Å². The summed E-state index contributed by atoms with van der Waals surface area (Å²) in [6.45, 7) is 5.74. The third kappa shape index (κ3) is 0.639. The number of hydrogen-bond acceptors (Lipinski definition) is 2. The third-order valence-electron chi connectivity index (χ3n) is 3.49. The van der Waals surface area contributed by atoms with Crippen LogP contribution in [0, 0.1) is 23.2 Å². The van der Waals surface area contributed by atoms with Gasteiger partial charge in [-0.1, -0.05) is 20.8 Å². The van der Waals surface area contributed by atoms with Gasteiger partial charge in [0.05, 0.1) is 6.10 Å². The minimum absolute atomic E-state index is 0.181. The molecule has 0 amide bonds. The molecule has 62 valence electrons. The molecular weight excluding hydrogens is 140 g/mol. The van der Waals surface area contributed by atoms with Crippen molar-refractivity contribution in [1.29, 1.82) is 0 Å². The van der Waals surface area contributed by atoms with Crippen molar-refractivity contribution in [3.05, 3.63) is 0 Å². The highest BCUT2D eigenvalue weighted by atomic mass is 16.3. The Bertz CT molecular complexity index is 220. The zero-order chi connectivity index (χ0) is 8.39. The summed E-state index contributed by atoms with van der Waals surface area (Å²) in [6.07, 6.45) is -0.394. The SMILES string of the molecule is C[C@H]1[C@H]2C(=O)C(C)(C)[C@H](O)[C@@H]12. The summed E-state index contributed by atoms with van der Waals surface area (Å²) in [7, 11) is 0. The summed E-state index contributed by atoms with van der Waals surface area (Å²) in [5, 5.41) is 9.69. The molecule has 2 aliphatic carbocycles. The number of rotatable bonds is 0. The molecular formula is C9H14O2. The topological polar surface area (TPSA) is 37.3 Å². The zero-order valence-electron chi connectivity index (χ0n) is 7.16. The summed E-state index contributed by atoms with van der Waals surface area (Å²) >= 11 is 0. The van der Waals surface area contributed by atoms with Crippen LogP contribution in [-0.2, 0) is 4.79 Å². The third-order valence-corrected chi connectivity index (χ3v) is 3.49. The number of aliphatic hydroxyl groups excluding tert-OH is 1. The van der Waals surface area contributed by atoms with E-state index in [-0.39, 0.29) is 17.6 Å². The lowest BCUT2D eigenvalue weighted by Crippen LogP contribution is -2.34. The molecule has 11 heavy (non-hydrogen) atoms. The van der Waals surface area contributed by atoms with Crippen molar-refractivity contribution in [2.75, 3.05) is 0 Å². The second-order valence-corrected chi connectivity index (χ2v) is 4.49. The van der Waals surface area contributed by atoms with Crippen molar-refractivity contribution in [3.8, 4) is 0 Å². The van der Waals surface area contributed by atoms with Crippen LogP contribution in [0.25, 0.3) is 0 Å². The Morgan fingerprint density at radius 3 is 2.27 bits per heavy atom. The highest BCUT2D eigenvalue weighted by molar-refractivity contribution is 5.93. The van der Waals surface area contributed by atoms with Gasteiger partial charge in [0.15, 0.2) is 0 Å². The first-order valence-corrected chi connectivity index (χ1v) is 4.20. The van der Waals surface area contributed by atoms with Crippen LogP contribution in [0.2, 0.25) is 0 Å². The predicted octanol–water partition coefficient (Wildman–Crippen LogP) is 0.838. The highest BCUT2D eigenvalue weighted by Gasteiger charge is 2.67. The maximum atomic E-state index is 11.5. The van der Waals surface area contributed by atoms with Gasteiger partial charge in [0, 0.05) is 11.3 Å². The molecule has 0 spiro atoms. The summed E-state index contributed by atoms with van der Waals surface area (Å²) in [6, 6.07) is 0. The lowest BCUT2D eigenvalue weighted by Gasteiger charge is -2.24. The Labute approximate surface area is 66.6 Å². The molecule has 0 aromatic heterocycles. The van der Waals surface area contributed by atoms with Gasteiger partial charge < -0.3 is 5.11 Å². The highest BCUT2D eigenvalue weighted by Crippen LogP contribution is 2.61. The standard InChI is InChI=1S/C9H14O2/c1-4-5-6(4)8(11)9(2,3)7(5)10/h4-7,10H,1-3H3/t4-,5+,6-,7-/m1/s1. The van der Waals surface area contributed by atoms with Gasteiger partial charge >= 0.3 is 0 Å². The Morgan fingerprint density at radius 2 is 2.00 bits per heavy atom. The lowest BCUT2D eigenvalue weighted by atomic mass is 9.83. The maximum Gasteiger partial charge on any atom is 0.144 e. The minimum Gasteiger partial charge on any atom is -0.392 e. The molecule has 2 saturated carbocycles. The molecule has 2 fully saturated rings. The molecule has 0 saturated heterocycles. The normalized spacial score (nSPS) is 52.5. The Morgan fingerprint density at radius 1 is 1.45 bits per heavy atom. The van der Waals surface area contributed by atoms with Crippen molar-refractivity contribution < 1.29 is 9.90 Å². The van der Waals surface area contributed by atoms with Crippen LogP contribution in [0.5, 0.6) is 0 Å². The van der Waals surface area contributed by atoms with Gasteiger partial charge in [0.25, 0.3) is 0 Å². The molecule has 0 radical (unpaired) electrons. The second kappa shape index (κ2) is 1.69. The molecule has 0 aromatic carbocycles. The number of Topliss-reactive ketones (excluding diaryl/α,β-unsaturated/α-hetero) is 1. The summed E-state index contributed by atoms with van der Waals surface area (Å²) in [5.74, 6) is 1.16. The first-order chi connectivity index (χ1) is 4.98. The van der Waals surface area contributed by atoms with E-state index in [2.05, 4.69) is 0 Å². The Kier molecular flexibility index (Phi) is 1.12. The number of carbonyl (C=O) groups excluding carboxylic acids is 1. The lowest BCUT2D eigenvalue weighted by molar-refractivity contribution is -0.130. The monoisotopic (exact) mass is 154 g/mol. The van der Waals surface area contributed by atoms with E-state index in [4.69, 9.17) is 0 Å². The van der Waals surface area contributed by atoms with E-state index >= 15 is 0 Å². The smallest absolute Gasteiger partial charge is 0.144 e. The fraction of sp³-hybridized carbons (Fsp3) is 0.889. The van der Waals surface area contributed by atoms with Crippen molar-refractivity contribution in [2.24, 2.45) is 23.2 Å². The summed E-state index contributed by atoms with van der Waals surface area (Å²) < 4.78 is 0. The van der Waals surface area contributed by atoms with Gasteiger partial charge in [-0.25, -0.2) is 0 Å². The second-order valence-electron chi connectivity index (χ2n) is 4.49. The molecule has 2 nitrogen and oxygen atoms in total.